The second kappa shape index (κ2) is 8.24. The summed E-state index contributed by atoms with van der Waals surface area (Å²) in [5.41, 5.74) is 1.89. The van der Waals surface area contributed by atoms with E-state index in [-0.39, 0.29) is 36.7 Å². The topological polar surface area (TPSA) is 117 Å². The number of nitrogens with zero attached hydrogens (tertiary/aromatic N) is 1. The Kier molecular flexibility index (Phi) is 5.34. The molecule has 1 aliphatic heterocycles. The van der Waals surface area contributed by atoms with Gasteiger partial charge in [0.15, 0.2) is 35.4 Å². The molecule has 1 N–H and O–H groups in total. The quantitative estimate of drug-likeness (QED) is 0.467. The number of hydrogen-bond donors (Lipinski definition) is 1. The van der Waals surface area contributed by atoms with Gasteiger partial charge in [-0.1, -0.05) is 12.1 Å². The molecule has 0 bridgehead atoms. The standard InChI is InChI=1S/C21H18N2O7/c1-12(24)13-8-17-18(29-11-28-17)9-15(13)22-19(25)10-27-21(26)7-6-20-23-14-4-2-3-5-16(14)30-20/h2-5,8-9H,6-7,10-11H2,1H3,(H,22,25). The van der Waals surface area contributed by atoms with Gasteiger partial charge in [0.05, 0.1) is 12.1 Å². The van der Waals surface area contributed by atoms with E-state index in [2.05, 4.69) is 10.3 Å². The maximum absolute atomic E-state index is 12.2. The highest BCUT2D eigenvalue weighted by Gasteiger charge is 2.21. The molecule has 0 spiro atoms. The number of Topliss-reactive ketones (excluding diaryl/α,β-unsaturated/α-hetero) is 1. The average molecular weight is 410 g/mol. The number of fused-ring (bicyclic) bond motifs is 2. The van der Waals surface area contributed by atoms with Gasteiger partial charge in [0, 0.05) is 18.1 Å². The summed E-state index contributed by atoms with van der Waals surface area (Å²) in [5, 5.41) is 2.57. The zero-order valence-corrected chi connectivity index (χ0v) is 16.1. The molecule has 3 aromatic rings. The number of aromatic nitrogens is 1. The highest BCUT2D eigenvalue weighted by Crippen LogP contribution is 2.37. The smallest absolute Gasteiger partial charge is 0.306 e. The van der Waals surface area contributed by atoms with Crippen molar-refractivity contribution in [3.05, 3.63) is 47.9 Å². The average Bonchev–Trinajstić information content (AvgIpc) is 3.35. The van der Waals surface area contributed by atoms with Gasteiger partial charge in [-0.15, -0.1) is 0 Å². The number of carbonyl (C=O) groups is 3. The third-order valence-corrected chi connectivity index (χ3v) is 4.41. The molecule has 9 nitrogen and oxygen atoms in total. The fourth-order valence-corrected chi connectivity index (χ4v) is 2.98. The first-order valence-electron chi connectivity index (χ1n) is 9.24. The van der Waals surface area contributed by atoms with Gasteiger partial charge in [0.2, 0.25) is 6.79 Å². The van der Waals surface area contributed by atoms with Crippen LogP contribution in [0.4, 0.5) is 5.69 Å². The molecule has 1 aliphatic rings. The summed E-state index contributed by atoms with van der Waals surface area (Å²) in [4.78, 5) is 40.3. The molecule has 0 unspecified atom stereocenters. The van der Waals surface area contributed by atoms with Crippen molar-refractivity contribution in [3.8, 4) is 11.5 Å². The van der Waals surface area contributed by atoms with Crippen molar-refractivity contribution < 1.29 is 33.0 Å². The van der Waals surface area contributed by atoms with Crippen molar-refractivity contribution in [1.29, 1.82) is 0 Å². The summed E-state index contributed by atoms with van der Waals surface area (Å²) in [6.45, 7) is 0.930. The molecule has 1 aromatic heterocycles. The minimum Gasteiger partial charge on any atom is -0.456 e. The number of carbonyl (C=O) groups excluding carboxylic acids is 3. The van der Waals surface area contributed by atoms with Crippen LogP contribution >= 0.6 is 0 Å². The van der Waals surface area contributed by atoms with E-state index in [1.807, 2.05) is 18.2 Å². The van der Waals surface area contributed by atoms with Crippen molar-refractivity contribution in [2.75, 3.05) is 18.7 Å². The van der Waals surface area contributed by atoms with Gasteiger partial charge in [0.1, 0.15) is 5.52 Å². The van der Waals surface area contributed by atoms with Crippen LogP contribution in [0.25, 0.3) is 11.1 Å². The molecule has 0 saturated heterocycles. The molecule has 9 heteroatoms. The van der Waals surface area contributed by atoms with Crippen molar-refractivity contribution in [2.24, 2.45) is 0 Å². The highest BCUT2D eigenvalue weighted by molar-refractivity contribution is 6.05. The number of aryl methyl sites for hydroxylation is 1. The first-order chi connectivity index (χ1) is 14.5. The Morgan fingerprint density at radius 2 is 1.90 bits per heavy atom. The van der Waals surface area contributed by atoms with Crippen LogP contribution in [0.15, 0.2) is 40.8 Å². The molecule has 0 radical (unpaired) electrons. The lowest BCUT2D eigenvalue weighted by molar-refractivity contribution is -0.147. The third kappa shape index (κ3) is 4.24. The molecule has 154 valence electrons. The Hall–Kier alpha value is -3.88. The molecule has 30 heavy (non-hydrogen) atoms. The lowest BCUT2D eigenvalue weighted by Gasteiger charge is -2.11. The minimum absolute atomic E-state index is 0.0167. The van der Waals surface area contributed by atoms with Crippen LogP contribution in [-0.4, -0.2) is 36.0 Å². The summed E-state index contributed by atoms with van der Waals surface area (Å²) in [6, 6.07) is 10.3. The maximum Gasteiger partial charge on any atom is 0.306 e. The molecule has 2 heterocycles. The van der Waals surface area contributed by atoms with E-state index in [9.17, 15) is 14.4 Å². The summed E-state index contributed by atoms with van der Waals surface area (Å²) in [5.74, 6) is -0.117. The van der Waals surface area contributed by atoms with Crippen LogP contribution in [-0.2, 0) is 20.7 Å². The molecule has 0 saturated carbocycles. The molecule has 4 rings (SSSR count). The number of para-hydroxylation sites is 2. The van der Waals surface area contributed by atoms with Crippen LogP contribution in [0.5, 0.6) is 11.5 Å². The van der Waals surface area contributed by atoms with Crippen LogP contribution in [0, 0.1) is 0 Å². The number of anilines is 1. The van der Waals surface area contributed by atoms with Gasteiger partial charge >= 0.3 is 5.97 Å². The highest BCUT2D eigenvalue weighted by atomic mass is 16.7. The Labute approximate surface area is 170 Å². The first-order valence-corrected chi connectivity index (χ1v) is 9.24. The summed E-state index contributed by atoms with van der Waals surface area (Å²) < 4.78 is 21.1. The number of ketones is 1. The van der Waals surface area contributed by atoms with E-state index in [0.29, 0.717) is 28.5 Å². The Morgan fingerprint density at radius 1 is 1.13 bits per heavy atom. The number of nitrogens with one attached hydrogen (secondary N) is 1. The van der Waals surface area contributed by atoms with Gasteiger partial charge in [-0.05, 0) is 25.1 Å². The number of amides is 1. The number of ether oxygens (including phenoxy) is 3. The van der Waals surface area contributed by atoms with Crippen LogP contribution < -0.4 is 14.8 Å². The van der Waals surface area contributed by atoms with Gasteiger partial charge in [0.25, 0.3) is 5.91 Å². The third-order valence-electron chi connectivity index (χ3n) is 4.41. The van der Waals surface area contributed by atoms with Crippen molar-refractivity contribution >= 4 is 34.4 Å². The Balaban J connectivity index is 1.30. The van der Waals surface area contributed by atoms with E-state index < -0.39 is 18.5 Å². The van der Waals surface area contributed by atoms with Gasteiger partial charge < -0.3 is 23.9 Å². The number of esters is 1. The zero-order valence-electron chi connectivity index (χ0n) is 16.1. The van der Waals surface area contributed by atoms with Gasteiger partial charge in [-0.3, -0.25) is 14.4 Å². The largest absolute Gasteiger partial charge is 0.456 e. The summed E-state index contributed by atoms with van der Waals surface area (Å²) in [7, 11) is 0. The van der Waals surface area contributed by atoms with Crippen molar-refractivity contribution in [2.45, 2.75) is 19.8 Å². The fourth-order valence-electron chi connectivity index (χ4n) is 2.98. The molecule has 0 aliphatic carbocycles. The molecule has 1 amide bonds. The van der Waals surface area contributed by atoms with E-state index in [4.69, 9.17) is 18.6 Å². The van der Waals surface area contributed by atoms with Crippen molar-refractivity contribution in [3.63, 3.8) is 0 Å². The second-order valence-corrected chi connectivity index (χ2v) is 6.59. The van der Waals surface area contributed by atoms with Crippen LogP contribution in [0.1, 0.15) is 29.6 Å². The van der Waals surface area contributed by atoms with E-state index >= 15 is 0 Å². The molecule has 0 fully saturated rings. The number of hydrogen-bond acceptors (Lipinski definition) is 8. The number of benzene rings is 2. The SMILES string of the molecule is CC(=O)c1cc2c(cc1NC(=O)COC(=O)CCc1nc3ccccc3o1)OCO2. The monoisotopic (exact) mass is 410 g/mol. The van der Waals surface area contributed by atoms with Crippen molar-refractivity contribution in [1.82, 2.24) is 4.98 Å². The maximum atomic E-state index is 12.2. The molecular weight excluding hydrogens is 392 g/mol. The second-order valence-electron chi connectivity index (χ2n) is 6.59. The minimum atomic E-state index is -0.577. The van der Waals surface area contributed by atoms with E-state index in [1.54, 1.807) is 6.07 Å². The normalized spacial score (nSPS) is 12.0. The van der Waals surface area contributed by atoms with E-state index in [0.717, 1.165) is 0 Å². The predicted molar refractivity (Wildman–Crippen MR) is 104 cm³/mol. The molecule has 2 aromatic carbocycles. The number of rotatable bonds is 7. The van der Waals surface area contributed by atoms with Crippen LogP contribution in [0.3, 0.4) is 0 Å². The lowest BCUT2D eigenvalue weighted by Crippen LogP contribution is -2.22. The number of oxazole rings is 1. The summed E-state index contributed by atoms with van der Waals surface area (Å²) in [6.07, 6.45) is 0.272. The predicted octanol–water partition coefficient (Wildman–Crippen LogP) is 2.87. The van der Waals surface area contributed by atoms with Gasteiger partial charge in [-0.25, -0.2) is 4.98 Å². The summed E-state index contributed by atoms with van der Waals surface area (Å²) >= 11 is 0. The first kappa shape index (κ1) is 19.4. The zero-order chi connectivity index (χ0) is 21.1. The van der Waals surface area contributed by atoms with Gasteiger partial charge in [-0.2, -0.15) is 0 Å². The Morgan fingerprint density at radius 3 is 2.67 bits per heavy atom. The molecular formula is C21H18N2O7. The lowest BCUT2D eigenvalue weighted by atomic mass is 10.1. The fraction of sp³-hybridized carbons (Fsp3) is 0.238. The van der Waals surface area contributed by atoms with Crippen LogP contribution in [0.2, 0.25) is 0 Å². The molecule has 0 atom stereocenters. The Bertz CT molecular complexity index is 1100. The van der Waals surface area contributed by atoms with E-state index in [1.165, 1.54) is 19.1 Å².